The van der Waals surface area contributed by atoms with E-state index in [0.29, 0.717) is 4.48 Å². The fraction of sp³-hybridized carbons (Fsp3) is 0.958. The molecule has 0 fully saturated rings. The lowest BCUT2D eigenvalue weighted by Crippen LogP contribution is -2.57. The van der Waals surface area contributed by atoms with Gasteiger partial charge in [-0.05, 0) is 25.7 Å². The van der Waals surface area contributed by atoms with Crippen molar-refractivity contribution in [3.63, 3.8) is 0 Å². The SMILES string of the molecule is CCCCCCCCCCCCCCCC[N+](CCC)(CCCC)C(N)=O. The number of quaternary nitrogens is 1. The standard InChI is InChI=1S/C24H50N2O/c1-4-7-9-10-11-12-13-14-15-16-17-18-19-20-23-26(21-6-3,24(25)27)22-8-5-2/h4-23H2,1-3H3,(H-,25,27)/p+1. The molecule has 3 nitrogen and oxygen atoms in total. The van der Waals surface area contributed by atoms with Gasteiger partial charge in [-0.3, -0.25) is 0 Å². The van der Waals surface area contributed by atoms with Gasteiger partial charge < -0.3 is 5.73 Å². The molecule has 2 amide bonds. The van der Waals surface area contributed by atoms with Gasteiger partial charge in [-0.25, -0.2) is 9.28 Å². The average molecular weight is 384 g/mol. The molecule has 3 heteroatoms. The van der Waals surface area contributed by atoms with Crippen LogP contribution in [0.4, 0.5) is 4.79 Å². The first-order valence-corrected chi connectivity index (χ1v) is 12.3. The summed E-state index contributed by atoms with van der Waals surface area (Å²) in [6, 6.07) is -0.111. The third-order valence-electron chi connectivity index (χ3n) is 6.00. The van der Waals surface area contributed by atoms with E-state index in [2.05, 4.69) is 20.8 Å². The van der Waals surface area contributed by atoms with E-state index < -0.39 is 0 Å². The summed E-state index contributed by atoms with van der Waals surface area (Å²) in [5.41, 5.74) is 5.79. The van der Waals surface area contributed by atoms with Crippen LogP contribution in [0.5, 0.6) is 0 Å². The summed E-state index contributed by atoms with van der Waals surface area (Å²) in [6.45, 7) is 9.42. The molecule has 0 bridgehead atoms. The Bertz CT molecular complexity index is 332. The number of hydrogen-bond acceptors (Lipinski definition) is 1. The number of nitrogens with zero attached hydrogens (tertiary/aromatic N) is 1. The van der Waals surface area contributed by atoms with Crippen LogP contribution >= 0.6 is 0 Å². The lowest BCUT2D eigenvalue weighted by molar-refractivity contribution is -0.850. The molecule has 0 rings (SSSR count). The number of primary amides is 1. The highest BCUT2D eigenvalue weighted by molar-refractivity contribution is 5.64. The van der Waals surface area contributed by atoms with Crippen molar-refractivity contribution >= 4 is 6.03 Å². The Hall–Kier alpha value is -0.570. The number of carbonyl (C=O) groups excluding carboxylic acids is 1. The van der Waals surface area contributed by atoms with Gasteiger partial charge >= 0.3 is 6.03 Å². The van der Waals surface area contributed by atoms with Crippen LogP contribution in [0.2, 0.25) is 0 Å². The lowest BCUT2D eigenvalue weighted by Gasteiger charge is -2.34. The van der Waals surface area contributed by atoms with Gasteiger partial charge in [0.05, 0.1) is 19.6 Å². The smallest absolute Gasteiger partial charge is 0.319 e. The first kappa shape index (κ1) is 26.4. The topological polar surface area (TPSA) is 43.1 Å². The highest BCUT2D eigenvalue weighted by Gasteiger charge is 2.32. The van der Waals surface area contributed by atoms with E-state index in [-0.39, 0.29) is 6.03 Å². The Labute approximate surface area is 171 Å². The van der Waals surface area contributed by atoms with E-state index in [4.69, 9.17) is 5.73 Å². The zero-order chi connectivity index (χ0) is 20.2. The van der Waals surface area contributed by atoms with Crippen LogP contribution in [0.3, 0.4) is 0 Å². The van der Waals surface area contributed by atoms with Crippen LogP contribution in [0, 0.1) is 0 Å². The molecule has 0 heterocycles. The summed E-state index contributed by atoms with van der Waals surface area (Å²) < 4.78 is 0.516. The number of amides is 2. The molecule has 1 unspecified atom stereocenters. The number of nitrogens with two attached hydrogens (primary N) is 1. The largest absolute Gasteiger partial charge is 0.414 e. The van der Waals surface area contributed by atoms with Gasteiger partial charge in [0.25, 0.3) is 0 Å². The van der Waals surface area contributed by atoms with Crippen molar-refractivity contribution in [2.75, 3.05) is 19.6 Å². The van der Waals surface area contributed by atoms with Gasteiger partial charge in [-0.1, -0.05) is 104 Å². The maximum atomic E-state index is 12.1. The number of urea groups is 1. The Morgan fingerprint density at radius 1 is 0.519 bits per heavy atom. The zero-order valence-corrected chi connectivity index (χ0v) is 19.1. The summed E-state index contributed by atoms with van der Waals surface area (Å²) in [5.74, 6) is 0. The molecule has 0 aliphatic rings. The number of hydrogen-bond donors (Lipinski definition) is 1. The quantitative estimate of drug-likeness (QED) is 0.171. The van der Waals surface area contributed by atoms with Crippen LogP contribution in [0.25, 0.3) is 0 Å². The summed E-state index contributed by atoms with van der Waals surface area (Å²) in [7, 11) is 0. The van der Waals surface area contributed by atoms with Gasteiger partial charge in [0.15, 0.2) is 0 Å². The van der Waals surface area contributed by atoms with E-state index in [1.165, 1.54) is 83.5 Å². The summed E-state index contributed by atoms with van der Waals surface area (Å²) in [6.07, 6.45) is 22.5. The van der Waals surface area contributed by atoms with Crippen LogP contribution in [0.1, 0.15) is 130 Å². The normalized spacial score (nSPS) is 13.6. The summed E-state index contributed by atoms with van der Waals surface area (Å²) in [4.78, 5) is 12.1. The molecule has 0 aromatic carbocycles. The van der Waals surface area contributed by atoms with E-state index in [0.717, 1.165) is 45.3 Å². The number of carbonyl (C=O) groups is 1. The van der Waals surface area contributed by atoms with Gasteiger partial charge in [0.1, 0.15) is 0 Å². The molecule has 0 saturated heterocycles. The molecule has 162 valence electrons. The predicted molar refractivity (Wildman–Crippen MR) is 120 cm³/mol. The molecule has 27 heavy (non-hydrogen) atoms. The first-order chi connectivity index (χ1) is 13.1. The Morgan fingerprint density at radius 2 is 0.889 bits per heavy atom. The Morgan fingerprint density at radius 3 is 1.26 bits per heavy atom. The van der Waals surface area contributed by atoms with E-state index >= 15 is 0 Å². The minimum atomic E-state index is -0.111. The van der Waals surface area contributed by atoms with E-state index in [1.54, 1.807) is 0 Å². The fourth-order valence-corrected chi connectivity index (χ4v) is 4.16. The molecule has 0 aliphatic heterocycles. The molecule has 1 atom stereocenters. The maximum Gasteiger partial charge on any atom is 0.414 e. The summed E-state index contributed by atoms with van der Waals surface area (Å²) >= 11 is 0. The van der Waals surface area contributed by atoms with Gasteiger partial charge in [0, 0.05) is 0 Å². The number of rotatable bonds is 20. The summed E-state index contributed by atoms with van der Waals surface area (Å²) in [5, 5.41) is 0. The zero-order valence-electron chi connectivity index (χ0n) is 19.1. The minimum absolute atomic E-state index is 0.111. The molecule has 0 saturated carbocycles. The van der Waals surface area contributed by atoms with Crippen molar-refractivity contribution in [3.8, 4) is 0 Å². The Balaban J connectivity index is 3.66. The van der Waals surface area contributed by atoms with Crippen molar-refractivity contribution in [2.45, 2.75) is 130 Å². The van der Waals surface area contributed by atoms with E-state index in [9.17, 15) is 4.79 Å². The van der Waals surface area contributed by atoms with Crippen molar-refractivity contribution < 1.29 is 9.28 Å². The van der Waals surface area contributed by atoms with Gasteiger partial charge in [-0.15, -0.1) is 0 Å². The Kier molecular flexibility index (Phi) is 18.4. The van der Waals surface area contributed by atoms with Crippen molar-refractivity contribution in [2.24, 2.45) is 5.73 Å². The maximum absolute atomic E-state index is 12.1. The van der Waals surface area contributed by atoms with Crippen molar-refractivity contribution in [3.05, 3.63) is 0 Å². The molecule has 0 aromatic heterocycles. The third-order valence-corrected chi connectivity index (χ3v) is 6.00. The van der Waals surface area contributed by atoms with Crippen molar-refractivity contribution in [1.82, 2.24) is 0 Å². The average Bonchev–Trinajstić information content (AvgIpc) is 2.66. The molecular formula is C24H51N2O+. The first-order valence-electron chi connectivity index (χ1n) is 12.3. The molecule has 0 radical (unpaired) electrons. The molecular weight excluding hydrogens is 332 g/mol. The molecule has 0 spiro atoms. The van der Waals surface area contributed by atoms with Crippen LogP contribution < -0.4 is 5.73 Å². The van der Waals surface area contributed by atoms with Crippen LogP contribution in [-0.4, -0.2) is 30.1 Å². The van der Waals surface area contributed by atoms with Gasteiger partial charge in [0.2, 0.25) is 0 Å². The van der Waals surface area contributed by atoms with E-state index in [1.807, 2.05) is 0 Å². The highest BCUT2D eigenvalue weighted by Crippen LogP contribution is 2.16. The predicted octanol–water partition coefficient (Wildman–Crippen LogP) is 7.57. The molecule has 0 aromatic rings. The van der Waals surface area contributed by atoms with Crippen LogP contribution in [-0.2, 0) is 0 Å². The van der Waals surface area contributed by atoms with Crippen molar-refractivity contribution in [1.29, 1.82) is 0 Å². The second kappa shape index (κ2) is 18.8. The third kappa shape index (κ3) is 14.1. The fourth-order valence-electron chi connectivity index (χ4n) is 4.16. The molecule has 2 N–H and O–H groups in total. The number of unbranched alkanes of at least 4 members (excludes halogenated alkanes) is 14. The van der Waals surface area contributed by atoms with Gasteiger partial charge in [-0.2, -0.15) is 0 Å². The monoisotopic (exact) mass is 383 g/mol. The van der Waals surface area contributed by atoms with Crippen LogP contribution in [0.15, 0.2) is 0 Å². The highest BCUT2D eigenvalue weighted by atomic mass is 16.2. The second-order valence-corrected chi connectivity index (χ2v) is 8.60. The molecule has 0 aliphatic carbocycles. The minimum Gasteiger partial charge on any atom is -0.319 e. The lowest BCUT2D eigenvalue weighted by atomic mass is 10.0. The second-order valence-electron chi connectivity index (χ2n) is 8.60.